The van der Waals surface area contributed by atoms with Crippen LogP contribution in [0.25, 0.3) is 11.2 Å². The molecule has 1 amide bonds. The first-order valence-corrected chi connectivity index (χ1v) is 14.7. The zero-order chi connectivity index (χ0) is 29.1. The summed E-state index contributed by atoms with van der Waals surface area (Å²) in [6.45, 7) is 0.752. The maximum absolute atomic E-state index is 12.5. The van der Waals surface area contributed by atoms with Gasteiger partial charge in [0.25, 0.3) is 11.5 Å². The van der Waals surface area contributed by atoms with Gasteiger partial charge in [-0.05, 0) is 25.0 Å². The highest BCUT2D eigenvalue weighted by molar-refractivity contribution is 7.47. The van der Waals surface area contributed by atoms with Gasteiger partial charge in [-0.15, -0.1) is 0 Å². The maximum atomic E-state index is 12.5. The van der Waals surface area contributed by atoms with Gasteiger partial charge in [0.05, 0.1) is 12.2 Å². The number of nitrogens with one attached hydrogen (secondary N) is 4. The van der Waals surface area contributed by atoms with Crippen molar-refractivity contribution in [2.45, 2.75) is 50.2 Å². The number of unbranched alkanes of at least 4 members (excludes halogenated alkanes) is 3. The number of anilines is 3. The van der Waals surface area contributed by atoms with Crippen LogP contribution in [-0.2, 0) is 18.3 Å². The monoisotopic (exact) mass is 592 g/mol. The highest BCUT2D eigenvalue weighted by atomic mass is 31.2. The molecule has 2 fully saturated rings. The summed E-state index contributed by atoms with van der Waals surface area (Å²) in [7, 11) is -2.56. The average Bonchev–Trinajstić information content (AvgIpc) is 3.46. The summed E-state index contributed by atoms with van der Waals surface area (Å²) in [4.78, 5) is 45.6. The van der Waals surface area contributed by atoms with E-state index in [4.69, 9.17) is 19.5 Å². The summed E-state index contributed by atoms with van der Waals surface area (Å²) >= 11 is 0. The molecular weight excluding hydrogens is 559 g/mol. The van der Waals surface area contributed by atoms with E-state index in [0.717, 1.165) is 31.4 Å². The minimum Gasteiger partial charge on any atom is -0.387 e. The molecule has 0 spiro atoms. The number of para-hydroxylation sites is 1. The van der Waals surface area contributed by atoms with Crippen molar-refractivity contribution in [2.24, 2.45) is 0 Å². The van der Waals surface area contributed by atoms with Crippen LogP contribution in [0.4, 0.5) is 17.6 Å². The number of amides is 1. The molecule has 5 rings (SSSR count). The van der Waals surface area contributed by atoms with Crippen molar-refractivity contribution >= 4 is 42.5 Å². The molecule has 0 radical (unpaired) electrons. The number of aliphatic hydroxyl groups excluding tert-OH is 1. The molecule has 16 nitrogen and oxygen atoms in total. The summed E-state index contributed by atoms with van der Waals surface area (Å²) < 4.78 is 29.1. The van der Waals surface area contributed by atoms with Crippen molar-refractivity contribution in [3.05, 3.63) is 40.2 Å². The number of ether oxygens (including phenoxy) is 1. The van der Waals surface area contributed by atoms with E-state index < -0.39 is 37.9 Å². The van der Waals surface area contributed by atoms with E-state index in [1.807, 2.05) is 18.2 Å². The molecule has 0 aliphatic carbocycles. The molecule has 3 aromatic rings. The normalized spacial score (nSPS) is 25.6. The lowest BCUT2D eigenvalue weighted by Crippen LogP contribution is -2.39. The van der Waals surface area contributed by atoms with Crippen LogP contribution in [0.1, 0.15) is 42.3 Å². The van der Waals surface area contributed by atoms with E-state index in [-0.39, 0.29) is 35.6 Å². The number of hydrogen-bond donors (Lipinski definition) is 7. The molecule has 4 heterocycles. The number of nitrogen functional groups attached to an aromatic ring is 1. The van der Waals surface area contributed by atoms with E-state index in [0.29, 0.717) is 18.7 Å². The molecule has 1 aromatic carbocycles. The van der Waals surface area contributed by atoms with Crippen molar-refractivity contribution in [3.63, 3.8) is 0 Å². The Hall–Kier alpha value is -3.53. The van der Waals surface area contributed by atoms with Crippen LogP contribution < -0.4 is 27.2 Å². The highest BCUT2D eigenvalue weighted by Gasteiger charge is 2.53. The molecule has 0 saturated carbocycles. The fourth-order valence-electron chi connectivity index (χ4n) is 4.92. The zero-order valence-corrected chi connectivity index (χ0v) is 23.2. The number of rotatable bonds is 11. The van der Waals surface area contributed by atoms with Crippen molar-refractivity contribution in [1.29, 1.82) is 0 Å². The Morgan fingerprint density at radius 2 is 1.98 bits per heavy atom. The number of nitrogens with zero attached hydrogens (tertiary/aromatic N) is 3. The van der Waals surface area contributed by atoms with Gasteiger partial charge in [0.2, 0.25) is 11.9 Å². The lowest BCUT2D eigenvalue weighted by molar-refractivity contribution is -0.0659. The number of benzene rings is 1. The van der Waals surface area contributed by atoms with Crippen LogP contribution in [0.15, 0.2) is 29.1 Å². The largest absolute Gasteiger partial charge is 0.472 e. The molecule has 0 bridgehead atoms. The number of phosphoric acid groups is 1. The molecule has 17 heteroatoms. The molecule has 2 aromatic heterocycles. The standard InChI is InChI=1S/C24H33N8O8P/c1-26-14-9-5-4-8-13(14)20(34)27-10-6-2-3-7-11-28-24-29-16-19(30-23(25)31-21(16)35)32(24)22-17(33)18-15(39-22)12-38-41(36,37)40-18/h4-5,8-9,15,17-18,22,26,33H,2-3,6-7,10-12H2,1H3,(H,27,34)(H,28,29)(H,36,37)(H3,25,30,31,35)/t15-,17-,18-,22-/m1/s1. The van der Waals surface area contributed by atoms with Crippen LogP contribution >= 0.6 is 7.82 Å². The molecule has 1 unspecified atom stereocenters. The van der Waals surface area contributed by atoms with Gasteiger partial charge >= 0.3 is 7.82 Å². The van der Waals surface area contributed by atoms with Crippen molar-refractivity contribution in [1.82, 2.24) is 24.8 Å². The Labute approximate surface area is 234 Å². The smallest absolute Gasteiger partial charge is 0.387 e. The molecule has 5 atom stereocenters. The number of carbonyl (C=O) groups excluding carboxylic acids is 1. The van der Waals surface area contributed by atoms with Gasteiger partial charge in [-0.25, -0.2) is 9.55 Å². The fourth-order valence-corrected chi connectivity index (χ4v) is 5.88. The van der Waals surface area contributed by atoms with Crippen LogP contribution in [0.5, 0.6) is 0 Å². The summed E-state index contributed by atoms with van der Waals surface area (Å²) in [5.41, 5.74) is 6.60. The lowest BCUT2D eigenvalue weighted by atomic mass is 10.1. The van der Waals surface area contributed by atoms with Gasteiger partial charge in [0.15, 0.2) is 17.4 Å². The number of phosphoric ester groups is 1. The molecule has 2 saturated heterocycles. The number of aliphatic hydroxyl groups is 1. The molecule has 8 N–H and O–H groups in total. The van der Waals surface area contributed by atoms with Gasteiger partial charge in [-0.1, -0.05) is 25.0 Å². The van der Waals surface area contributed by atoms with Crippen LogP contribution in [0.3, 0.4) is 0 Å². The van der Waals surface area contributed by atoms with Crippen molar-refractivity contribution in [2.75, 3.05) is 43.1 Å². The number of H-pyrrole nitrogens is 1. The van der Waals surface area contributed by atoms with Crippen LogP contribution in [-0.4, -0.2) is 80.5 Å². The topological polar surface area (TPSA) is 228 Å². The van der Waals surface area contributed by atoms with Gasteiger partial charge in [-0.3, -0.25) is 28.2 Å². The van der Waals surface area contributed by atoms with Crippen LogP contribution in [0, 0.1) is 0 Å². The first kappa shape index (κ1) is 29.0. The van der Waals surface area contributed by atoms with E-state index in [2.05, 4.69) is 30.9 Å². The molecular formula is C24H33N8O8P. The number of carbonyl (C=O) groups is 1. The van der Waals surface area contributed by atoms with Crippen LogP contribution in [0.2, 0.25) is 0 Å². The predicted molar refractivity (Wildman–Crippen MR) is 148 cm³/mol. The zero-order valence-electron chi connectivity index (χ0n) is 22.3. The Morgan fingerprint density at radius 1 is 1.22 bits per heavy atom. The van der Waals surface area contributed by atoms with E-state index >= 15 is 0 Å². The first-order chi connectivity index (χ1) is 19.7. The minimum absolute atomic E-state index is 0.0204. The van der Waals surface area contributed by atoms with Gasteiger partial charge < -0.3 is 36.4 Å². The lowest BCUT2D eigenvalue weighted by Gasteiger charge is -2.27. The van der Waals surface area contributed by atoms with E-state index in [1.165, 1.54) is 4.57 Å². The molecule has 2 aliphatic rings. The fraction of sp³-hybridized carbons (Fsp3) is 0.500. The number of aromatic nitrogens is 4. The Bertz CT molecular complexity index is 1510. The molecule has 41 heavy (non-hydrogen) atoms. The minimum atomic E-state index is -4.33. The number of imidazole rings is 1. The summed E-state index contributed by atoms with van der Waals surface area (Å²) in [6, 6.07) is 7.30. The van der Waals surface area contributed by atoms with Crippen molar-refractivity contribution < 1.29 is 33.1 Å². The Balaban J connectivity index is 1.18. The second-order valence-electron chi connectivity index (χ2n) is 9.71. The van der Waals surface area contributed by atoms with Crippen molar-refractivity contribution in [3.8, 4) is 0 Å². The number of hydrogen-bond acceptors (Lipinski definition) is 12. The van der Waals surface area contributed by atoms with Gasteiger partial charge in [0.1, 0.15) is 18.3 Å². The molecule has 222 valence electrons. The first-order valence-electron chi connectivity index (χ1n) is 13.2. The Morgan fingerprint density at radius 3 is 2.76 bits per heavy atom. The quantitative estimate of drug-likeness (QED) is 0.122. The van der Waals surface area contributed by atoms with Gasteiger partial charge in [-0.2, -0.15) is 4.98 Å². The second kappa shape index (κ2) is 12.1. The summed E-state index contributed by atoms with van der Waals surface area (Å²) in [5.74, 6) is -0.0781. The third kappa shape index (κ3) is 6.22. The SMILES string of the molecule is CNc1ccccc1C(=O)NCCCCCCNc1nc2c(=O)[nH]c(N)nc2n1[C@@H]1O[C@@H]2COP(=O)(O)O[C@H]2[C@H]1O. The van der Waals surface area contributed by atoms with E-state index in [9.17, 15) is 24.2 Å². The second-order valence-corrected chi connectivity index (χ2v) is 11.1. The van der Waals surface area contributed by atoms with Gasteiger partial charge in [0, 0.05) is 25.8 Å². The van der Waals surface area contributed by atoms with E-state index in [1.54, 1.807) is 13.1 Å². The third-order valence-corrected chi connectivity index (χ3v) is 7.89. The Kier molecular flexibility index (Phi) is 8.58. The number of aromatic amines is 1. The average molecular weight is 593 g/mol. The number of nitrogens with two attached hydrogens (primary N) is 1. The maximum Gasteiger partial charge on any atom is 0.472 e. The summed E-state index contributed by atoms with van der Waals surface area (Å²) in [6.07, 6.45) is -1.24. The third-order valence-electron chi connectivity index (χ3n) is 6.90. The predicted octanol–water partition coefficient (Wildman–Crippen LogP) is 0.920. The number of fused-ring (bicyclic) bond motifs is 2. The summed E-state index contributed by atoms with van der Waals surface area (Å²) in [5, 5.41) is 20.1. The highest BCUT2D eigenvalue weighted by Crippen LogP contribution is 2.52. The molecule has 2 aliphatic heterocycles.